The molecule has 0 spiro atoms. The lowest BCUT2D eigenvalue weighted by Gasteiger charge is -2.10. The Morgan fingerprint density at radius 3 is 2.74 bits per heavy atom. The molecule has 0 fully saturated rings. The molecule has 1 heterocycles. The van der Waals surface area contributed by atoms with Gasteiger partial charge >= 0.3 is 5.97 Å². The highest BCUT2D eigenvalue weighted by Gasteiger charge is 2.21. The Balaban J connectivity index is 1.96. The Bertz CT molecular complexity index is 708. The second kappa shape index (κ2) is 7.44. The molecule has 0 aliphatic carbocycles. The molecule has 0 unspecified atom stereocenters. The standard InChI is InChI=1S/C16H18N2O5/c1-4-11-15(10(2)23-18-11)16(20)22-9-14(19)17-12-7-5-6-8-13(12)21-3/h5-8H,4,9H2,1-3H3,(H,17,19). The Morgan fingerprint density at radius 2 is 2.04 bits per heavy atom. The highest BCUT2D eigenvalue weighted by atomic mass is 16.5. The maximum Gasteiger partial charge on any atom is 0.344 e. The number of hydrogen-bond donors (Lipinski definition) is 1. The average molecular weight is 318 g/mol. The van der Waals surface area contributed by atoms with Crippen LogP contribution in [0.15, 0.2) is 28.8 Å². The molecule has 0 atom stereocenters. The van der Waals surface area contributed by atoms with Crippen molar-refractivity contribution in [2.24, 2.45) is 0 Å². The summed E-state index contributed by atoms with van der Waals surface area (Å²) >= 11 is 0. The van der Waals surface area contributed by atoms with Crippen LogP contribution in [0.3, 0.4) is 0 Å². The zero-order valence-corrected chi connectivity index (χ0v) is 13.2. The number of esters is 1. The molecular weight excluding hydrogens is 300 g/mol. The number of carbonyl (C=O) groups excluding carboxylic acids is 2. The summed E-state index contributed by atoms with van der Waals surface area (Å²) in [6, 6.07) is 6.96. The lowest BCUT2D eigenvalue weighted by molar-refractivity contribution is -0.119. The number of nitrogens with zero attached hydrogens (tertiary/aromatic N) is 1. The number of benzene rings is 1. The summed E-state index contributed by atoms with van der Waals surface area (Å²) in [5.41, 5.74) is 1.29. The molecule has 0 radical (unpaired) electrons. The largest absolute Gasteiger partial charge is 0.495 e. The van der Waals surface area contributed by atoms with E-state index in [9.17, 15) is 9.59 Å². The molecule has 2 rings (SSSR count). The quantitative estimate of drug-likeness (QED) is 0.822. The molecule has 0 saturated carbocycles. The zero-order chi connectivity index (χ0) is 16.8. The molecular formula is C16H18N2O5. The number of aryl methyl sites for hydroxylation is 2. The maximum atomic E-state index is 12.1. The molecule has 7 nitrogen and oxygen atoms in total. The smallest absolute Gasteiger partial charge is 0.344 e. The maximum absolute atomic E-state index is 12.1. The highest BCUT2D eigenvalue weighted by Crippen LogP contribution is 2.22. The molecule has 1 aromatic carbocycles. The summed E-state index contributed by atoms with van der Waals surface area (Å²) in [5.74, 6) is -0.196. The van der Waals surface area contributed by atoms with Gasteiger partial charge in [-0.3, -0.25) is 4.79 Å². The van der Waals surface area contributed by atoms with Crippen molar-refractivity contribution in [2.45, 2.75) is 20.3 Å². The van der Waals surface area contributed by atoms with Crippen LogP contribution in [0.25, 0.3) is 0 Å². The van der Waals surface area contributed by atoms with Gasteiger partial charge in [0, 0.05) is 0 Å². The third kappa shape index (κ3) is 3.88. The summed E-state index contributed by atoms with van der Waals surface area (Å²) in [6.07, 6.45) is 0.537. The van der Waals surface area contributed by atoms with Crippen LogP contribution in [0.2, 0.25) is 0 Å². The number of anilines is 1. The van der Waals surface area contributed by atoms with E-state index < -0.39 is 18.5 Å². The molecule has 7 heteroatoms. The van der Waals surface area contributed by atoms with E-state index in [-0.39, 0.29) is 5.56 Å². The summed E-state index contributed by atoms with van der Waals surface area (Å²) in [5, 5.41) is 6.40. The fourth-order valence-corrected chi connectivity index (χ4v) is 2.06. The van der Waals surface area contributed by atoms with Gasteiger partial charge in [-0.1, -0.05) is 24.2 Å². The minimum absolute atomic E-state index is 0.276. The number of amides is 1. The van der Waals surface area contributed by atoms with E-state index in [0.717, 1.165) is 0 Å². The highest BCUT2D eigenvalue weighted by molar-refractivity contribution is 5.97. The number of para-hydroxylation sites is 2. The van der Waals surface area contributed by atoms with Gasteiger partial charge in [-0.2, -0.15) is 0 Å². The first-order chi connectivity index (χ1) is 11.1. The number of rotatable bonds is 6. The minimum Gasteiger partial charge on any atom is -0.495 e. The summed E-state index contributed by atoms with van der Waals surface area (Å²) in [6.45, 7) is 3.06. The third-order valence-electron chi connectivity index (χ3n) is 3.19. The van der Waals surface area contributed by atoms with E-state index >= 15 is 0 Å². The number of hydrogen-bond acceptors (Lipinski definition) is 6. The molecule has 2 aromatic rings. The van der Waals surface area contributed by atoms with Crippen LogP contribution in [-0.2, 0) is 16.0 Å². The van der Waals surface area contributed by atoms with E-state index in [1.54, 1.807) is 31.2 Å². The zero-order valence-electron chi connectivity index (χ0n) is 13.2. The first-order valence-electron chi connectivity index (χ1n) is 7.12. The van der Waals surface area contributed by atoms with Crippen LogP contribution in [0, 0.1) is 6.92 Å². The van der Waals surface area contributed by atoms with Gasteiger partial charge in [0.2, 0.25) is 0 Å². The Labute approximate surface area is 133 Å². The molecule has 1 N–H and O–H groups in total. The lowest BCUT2D eigenvalue weighted by Crippen LogP contribution is -2.21. The van der Waals surface area contributed by atoms with Gasteiger partial charge in [-0.05, 0) is 25.5 Å². The van der Waals surface area contributed by atoms with Crippen LogP contribution >= 0.6 is 0 Å². The SMILES string of the molecule is CCc1noc(C)c1C(=O)OCC(=O)Nc1ccccc1OC. The monoisotopic (exact) mass is 318 g/mol. The fraction of sp³-hybridized carbons (Fsp3) is 0.312. The molecule has 1 aromatic heterocycles. The molecule has 0 saturated heterocycles. The number of ether oxygens (including phenoxy) is 2. The predicted molar refractivity (Wildman–Crippen MR) is 82.5 cm³/mol. The summed E-state index contributed by atoms with van der Waals surface area (Å²) in [7, 11) is 1.51. The van der Waals surface area contributed by atoms with Crippen molar-refractivity contribution in [2.75, 3.05) is 19.0 Å². The summed E-state index contributed by atoms with van der Waals surface area (Å²) in [4.78, 5) is 24.0. The average Bonchev–Trinajstić information content (AvgIpc) is 2.94. The van der Waals surface area contributed by atoms with Gasteiger partial charge in [-0.25, -0.2) is 4.79 Å². The Morgan fingerprint density at radius 1 is 1.30 bits per heavy atom. The van der Waals surface area contributed by atoms with Crippen molar-refractivity contribution in [1.29, 1.82) is 0 Å². The molecule has 0 aliphatic heterocycles. The normalized spacial score (nSPS) is 10.2. The molecule has 122 valence electrons. The minimum atomic E-state index is -0.629. The van der Waals surface area contributed by atoms with Gasteiger partial charge in [0.1, 0.15) is 17.1 Å². The van der Waals surface area contributed by atoms with E-state index in [2.05, 4.69) is 10.5 Å². The first kappa shape index (κ1) is 16.5. The van der Waals surface area contributed by atoms with Crippen LogP contribution in [0.5, 0.6) is 5.75 Å². The third-order valence-corrected chi connectivity index (χ3v) is 3.19. The topological polar surface area (TPSA) is 90.7 Å². The number of methoxy groups -OCH3 is 1. The number of aromatic nitrogens is 1. The molecule has 23 heavy (non-hydrogen) atoms. The molecule has 1 amide bonds. The molecule has 0 bridgehead atoms. The van der Waals surface area contributed by atoms with E-state index in [4.69, 9.17) is 14.0 Å². The van der Waals surface area contributed by atoms with Crippen LogP contribution < -0.4 is 10.1 Å². The summed E-state index contributed by atoms with van der Waals surface area (Å²) < 4.78 is 15.1. The van der Waals surface area contributed by atoms with Gasteiger partial charge in [0.15, 0.2) is 6.61 Å². The van der Waals surface area contributed by atoms with E-state index in [1.807, 2.05) is 6.92 Å². The van der Waals surface area contributed by atoms with Crippen molar-refractivity contribution in [1.82, 2.24) is 5.16 Å². The van der Waals surface area contributed by atoms with Gasteiger partial charge < -0.3 is 19.3 Å². The Hall–Kier alpha value is -2.83. The Kier molecular flexibility index (Phi) is 5.35. The van der Waals surface area contributed by atoms with Crippen molar-refractivity contribution < 1.29 is 23.6 Å². The predicted octanol–water partition coefficient (Wildman–Crippen LogP) is 2.35. The second-order valence-corrected chi connectivity index (χ2v) is 4.74. The van der Waals surface area contributed by atoms with E-state index in [0.29, 0.717) is 29.3 Å². The van der Waals surface area contributed by atoms with Gasteiger partial charge in [-0.15, -0.1) is 0 Å². The number of nitrogens with one attached hydrogen (secondary N) is 1. The first-order valence-corrected chi connectivity index (χ1v) is 7.12. The molecule has 0 aliphatic rings. The fourth-order valence-electron chi connectivity index (χ4n) is 2.06. The lowest BCUT2D eigenvalue weighted by atomic mass is 10.1. The van der Waals surface area contributed by atoms with Crippen molar-refractivity contribution in [3.8, 4) is 5.75 Å². The van der Waals surface area contributed by atoms with Crippen molar-refractivity contribution in [3.63, 3.8) is 0 Å². The number of carbonyl (C=O) groups is 2. The second-order valence-electron chi connectivity index (χ2n) is 4.74. The van der Waals surface area contributed by atoms with Crippen LogP contribution in [-0.4, -0.2) is 30.7 Å². The van der Waals surface area contributed by atoms with Crippen LogP contribution in [0.4, 0.5) is 5.69 Å². The van der Waals surface area contributed by atoms with Crippen molar-refractivity contribution >= 4 is 17.6 Å². The van der Waals surface area contributed by atoms with E-state index in [1.165, 1.54) is 7.11 Å². The van der Waals surface area contributed by atoms with Crippen molar-refractivity contribution in [3.05, 3.63) is 41.3 Å². The van der Waals surface area contributed by atoms with Crippen LogP contribution in [0.1, 0.15) is 28.7 Å². The van der Waals surface area contributed by atoms with Gasteiger partial charge in [0.25, 0.3) is 5.91 Å². The van der Waals surface area contributed by atoms with Gasteiger partial charge in [0.05, 0.1) is 18.5 Å².